The van der Waals surface area contributed by atoms with Crippen molar-refractivity contribution in [3.05, 3.63) is 120 Å². The summed E-state index contributed by atoms with van der Waals surface area (Å²) in [6.45, 7) is 1.47. The average Bonchev–Trinajstić information content (AvgIpc) is 3.45. The van der Waals surface area contributed by atoms with Gasteiger partial charge in [-0.25, -0.2) is 0 Å². The Labute approximate surface area is 165 Å². The third-order valence-electron chi connectivity index (χ3n) is 3.94. The van der Waals surface area contributed by atoms with Crippen LogP contribution in [-0.2, 0) is 13.1 Å². The number of hydrogen-bond donors (Lipinski definition) is 2. The lowest BCUT2D eigenvalue weighted by Gasteiger charge is -1.93. The van der Waals surface area contributed by atoms with Crippen molar-refractivity contribution in [2.45, 2.75) is 13.1 Å². The largest absolute Gasteiger partial charge is 0.360 e. The maximum atomic E-state index is 4.33. The van der Waals surface area contributed by atoms with Crippen LogP contribution in [0.4, 0.5) is 0 Å². The summed E-state index contributed by atoms with van der Waals surface area (Å²) in [5.74, 6) is 0. The quantitative estimate of drug-likeness (QED) is 0.436. The highest BCUT2D eigenvalue weighted by atomic mass is 14.8. The van der Waals surface area contributed by atoms with Gasteiger partial charge in [-0.15, -0.1) is 0 Å². The van der Waals surface area contributed by atoms with Gasteiger partial charge in [-0.2, -0.15) is 0 Å². The van der Waals surface area contributed by atoms with Crippen molar-refractivity contribution in [3.63, 3.8) is 0 Å². The van der Waals surface area contributed by atoms with Crippen LogP contribution in [0, 0.1) is 0 Å². The molecule has 0 amide bonds. The number of nitrogens with one attached hydrogen (secondary N) is 2. The summed E-state index contributed by atoms with van der Waals surface area (Å²) in [5, 5.41) is 0. The second-order valence-corrected chi connectivity index (χ2v) is 6.16. The molecule has 0 aliphatic carbocycles. The molecule has 140 valence electrons. The van der Waals surface area contributed by atoms with E-state index in [4.69, 9.17) is 0 Å². The van der Waals surface area contributed by atoms with Gasteiger partial charge in [-0.1, -0.05) is 60.7 Å². The van der Waals surface area contributed by atoms with Crippen LogP contribution < -0.4 is 0 Å². The van der Waals surface area contributed by atoms with Crippen molar-refractivity contribution in [3.8, 4) is 0 Å². The van der Waals surface area contributed by atoms with Crippen LogP contribution in [0.2, 0.25) is 0 Å². The van der Waals surface area contributed by atoms with E-state index in [-0.39, 0.29) is 0 Å². The molecule has 0 bridgehead atoms. The van der Waals surface area contributed by atoms with Crippen molar-refractivity contribution >= 4 is 12.4 Å². The van der Waals surface area contributed by atoms with Gasteiger partial charge in [0, 0.05) is 24.8 Å². The van der Waals surface area contributed by atoms with Crippen LogP contribution in [0.5, 0.6) is 0 Å². The van der Waals surface area contributed by atoms with Gasteiger partial charge in [0.1, 0.15) is 0 Å². The Balaban J connectivity index is 0.000000161. The van der Waals surface area contributed by atoms with Gasteiger partial charge in [-0.3, -0.25) is 9.98 Å². The second kappa shape index (κ2) is 11.1. The smallest absolute Gasteiger partial charge is 0.0640 e. The Morgan fingerprint density at radius 1 is 0.536 bits per heavy atom. The minimum atomic E-state index is 0.736. The predicted molar refractivity (Wildman–Crippen MR) is 117 cm³/mol. The van der Waals surface area contributed by atoms with E-state index >= 15 is 0 Å². The molecule has 0 aliphatic heterocycles. The second-order valence-electron chi connectivity index (χ2n) is 6.16. The molecule has 0 aliphatic rings. The van der Waals surface area contributed by atoms with Gasteiger partial charge in [0.2, 0.25) is 0 Å². The van der Waals surface area contributed by atoms with Gasteiger partial charge in [0.15, 0.2) is 0 Å². The molecule has 4 rings (SSSR count). The summed E-state index contributed by atoms with van der Waals surface area (Å²) in [5.41, 5.74) is 4.55. The molecular formula is C24H24N4. The summed E-state index contributed by atoms with van der Waals surface area (Å²) in [6.07, 6.45) is 7.49. The van der Waals surface area contributed by atoms with Crippen LogP contribution >= 0.6 is 0 Å². The van der Waals surface area contributed by atoms with Crippen LogP contribution in [0.25, 0.3) is 0 Å². The maximum Gasteiger partial charge on any atom is 0.0640 e. The number of rotatable bonds is 6. The lowest BCUT2D eigenvalue weighted by molar-refractivity contribution is 1.07. The van der Waals surface area contributed by atoms with E-state index in [9.17, 15) is 0 Å². The van der Waals surface area contributed by atoms with Gasteiger partial charge >= 0.3 is 0 Å². The van der Waals surface area contributed by atoms with Crippen molar-refractivity contribution < 1.29 is 0 Å². The zero-order valence-corrected chi connectivity index (χ0v) is 15.7. The molecule has 2 aromatic carbocycles. The molecule has 4 nitrogen and oxygen atoms in total. The number of aromatic amines is 2. The van der Waals surface area contributed by atoms with Gasteiger partial charge in [0.05, 0.1) is 24.5 Å². The zero-order valence-electron chi connectivity index (χ0n) is 15.7. The van der Waals surface area contributed by atoms with Crippen molar-refractivity contribution in [2.75, 3.05) is 0 Å². The molecule has 0 spiro atoms. The molecule has 2 aromatic heterocycles. The first kappa shape index (κ1) is 19.1. The lowest BCUT2D eigenvalue weighted by Crippen LogP contribution is -1.83. The van der Waals surface area contributed by atoms with E-state index in [0.29, 0.717) is 0 Å². The summed E-state index contributed by atoms with van der Waals surface area (Å²) >= 11 is 0. The topological polar surface area (TPSA) is 56.3 Å². The fourth-order valence-electron chi connectivity index (χ4n) is 2.51. The molecule has 0 atom stereocenters. The molecule has 4 aromatic rings. The highest BCUT2D eigenvalue weighted by molar-refractivity contribution is 5.77. The van der Waals surface area contributed by atoms with Gasteiger partial charge < -0.3 is 9.97 Å². The van der Waals surface area contributed by atoms with Gasteiger partial charge in [-0.05, 0) is 35.4 Å². The fourth-order valence-corrected chi connectivity index (χ4v) is 2.51. The third kappa shape index (κ3) is 6.92. The minimum Gasteiger partial charge on any atom is -0.360 e. The average molecular weight is 368 g/mol. The van der Waals surface area contributed by atoms with E-state index in [1.165, 1.54) is 11.1 Å². The van der Waals surface area contributed by atoms with E-state index in [1.54, 1.807) is 0 Å². The minimum absolute atomic E-state index is 0.736. The number of nitrogens with zero attached hydrogens (tertiary/aromatic N) is 2. The monoisotopic (exact) mass is 368 g/mol. The van der Waals surface area contributed by atoms with E-state index in [0.717, 1.165) is 24.5 Å². The molecule has 28 heavy (non-hydrogen) atoms. The van der Waals surface area contributed by atoms with Crippen molar-refractivity contribution in [1.82, 2.24) is 9.97 Å². The molecule has 0 radical (unpaired) electrons. The first-order chi connectivity index (χ1) is 13.9. The first-order valence-corrected chi connectivity index (χ1v) is 9.24. The van der Waals surface area contributed by atoms with E-state index in [2.05, 4.69) is 44.2 Å². The number of H-pyrrole nitrogens is 2. The number of hydrogen-bond acceptors (Lipinski definition) is 2. The molecule has 4 heteroatoms. The first-order valence-electron chi connectivity index (χ1n) is 9.24. The predicted octanol–water partition coefficient (Wildman–Crippen LogP) is 5.27. The Bertz CT molecular complexity index is 857. The fraction of sp³-hybridized carbons (Fsp3) is 0.0833. The highest BCUT2D eigenvalue weighted by Gasteiger charge is 1.88. The Morgan fingerprint density at radius 2 is 0.964 bits per heavy atom. The molecule has 2 N–H and O–H groups in total. The molecule has 0 fully saturated rings. The SMILES string of the molecule is C(=NCc1ccccc1)c1ccc[nH]1.C(=NCc1ccccc1)c1ccc[nH]1. The Kier molecular flexibility index (Phi) is 7.60. The number of aliphatic imine (C=N–C) groups is 2. The Morgan fingerprint density at radius 3 is 1.32 bits per heavy atom. The summed E-state index contributed by atoms with van der Waals surface area (Å²) in [4.78, 5) is 14.8. The maximum absolute atomic E-state index is 4.33. The highest BCUT2D eigenvalue weighted by Crippen LogP contribution is 2.01. The van der Waals surface area contributed by atoms with Crippen LogP contribution in [-0.4, -0.2) is 22.4 Å². The van der Waals surface area contributed by atoms with Crippen LogP contribution in [0.15, 0.2) is 107 Å². The van der Waals surface area contributed by atoms with Crippen molar-refractivity contribution in [2.24, 2.45) is 9.98 Å². The molecule has 0 unspecified atom stereocenters. The summed E-state index contributed by atoms with van der Waals surface area (Å²) in [7, 11) is 0. The zero-order chi connectivity index (χ0) is 19.3. The summed E-state index contributed by atoms with van der Waals surface area (Å²) < 4.78 is 0. The number of benzene rings is 2. The van der Waals surface area contributed by atoms with Crippen molar-refractivity contribution in [1.29, 1.82) is 0 Å². The molecule has 0 saturated carbocycles. The molecule has 2 heterocycles. The van der Waals surface area contributed by atoms with Crippen LogP contribution in [0.3, 0.4) is 0 Å². The summed E-state index contributed by atoms with van der Waals surface area (Å²) in [6, 6.07) is 28.3. The third-order valence-corrected chi connectivity index (χ3v) is 3.94. The Hall–Kier alpha value is -3.66. The van der Waals surface area contributed by atoms with Crippen LogP contribution in [0.1, 0.15) is 22.5 Å². The normalized spacial score (nSPS) is 10.9. The molecule has 0 saturated heterocycles. The standard InChI is InChI=1S/2C12H12N2/c2*1-2-5-11(6-3-1)9-13-10-12-7-4-8-14-12/h2*1-8,10,14H,9H2. The van der Waals surface area contributed by atoms with E-state index in [1.807, 2.05) is 85.5 Å². The van der Waals surface area contributed by atoms with Gasteiger partial charge in [0.25, 0.3) is 0 Å². The van der Waals surface area contributed by atoms with E-state index < -0.39 is 0 Å². The number of aromatic nitrogens is 2. The lowest BCUT2D eigenvalue weighted by atomic mass is 10.2. The molecular weight excluding hydrogens is 344 g/mol.